The molecule has 1 saturated heterocycles. The molecule has 1 N–H and O–H groups in total. The molecule has 1 aromatic heterocycles. The Hall–Kier alpha value is -3.29. The highest BCUT2D eigenvalue weighted by atomic mass is 35.5. The van der Waals surface area contributed by atoms with Crippen molar-refractivity contribution in [1.29, 1.82) is 0 Å². The molecule has 264 valence electrons. The van der Waals surface area contributed by atoms with Gasteiger partial charge in [0.1, 0.15) is 11.9 Å². The second-order valence-electron chi connectivity index (χ2n) is 12.9. The predicted molar refractivity (Wildman–Crippen MR) is 187 cm³/mol. The summed E-state index contributed by atoms with van der Waals surface area (Å²) in [6.45, 7) is 4.27. The third-order valence-corrected chi connectivity index (χ3v) is 10.7. The summed E-state index contributed by atoms with van der Waals surface area (Å²) in [5, 5.41) is 11.1. The van der Waals surface area contributed by atoms with E-state index in [2.05, 4.69) is 9.88 Å². The summed E-state index contributed by atoms with van der Waals surface area (Å²) in [5.74, 6) is 0.728. The molecule has 2 aromatic carbocycles. The molecule has 0 spiro atoms. The number of phenolic OH excluding ortho intramolecular Hbond substituents is 1. The highest BCUT2D eigenvalue weighted by Crippen LogP contribution is 2.39. The lowest BCUT2D eigenvalue weighted by Crippen LogP contribution is -2.43. The Morgan fingerprint density at radius 1 is 1.00 bits per heavy atom. The minimum absolute atomic E-state index is 0.0217. The van der Waals surface area contributed by atoms with E-state index in [1.54, 1.807) is 24.3 Å². The topological polar surface area (TPSA) is 128 Å². The van der Waals surface area contributed by atoms with E-state index in [0.717, 1.165) is 38.8 Å². The Morgan fingerprint density at radius 2 is 1.65 bits per heavy atom. The molecule has 0 bridgehead atoms. The van der Waals surface area contributed by atoms with Crippen LogP contribution in [0.2, 0.25) is 10.0 Å². The van der Waals surface area contributed by atoms with Crippen LogP contribution in [0.3, 0.4) is 0 Å². The number of ether oxygens (including phenoxy) is 4. The lowest BCUT2D eigenvalue weighted by Gasteiger charge is -2.30. The summed E-state index contributed by atoms with van der Waals surface area (Å²) >= 11 is 13.0. The summed E-state index contributed by atoms with van der Waals surface area (Å²) in [7, 11) is -3.69. The van der Waals surface area contributed by atoms with Crippen LogP contribution >= 0.6 is 23.2 Å². The molecule has 2 saturated carbocycles. The van der Waals surface area contributed by atoms with E-state index in [1.165, 1.54) is 35.1 Å². The van der Waals surface area contributed by atoms with Crippen LogP contribution in [-0.2, 0) is 25.9 Å². The number of anilines is 1. The molecule has 0 radical (unpaired) electrons. The highest BCUT2D eigenvalue weighted by Gasteiger charge is 2.29. The summed E-state index contributed by atoms with van der Waals surface area (Å²) in [6.07, 6.45) is 7.57. The standard InChI is InChI=1S/C35H41Cl2N3O8S/c1-49(43,44)40(11-10-39-12-14-45-15-13-39)30-8-6-26(17-33(30)46-21-23-2-3-23)35(42)48-32(18-27-28(36)19-38-20-29(27)37)25-7-9-31(41)34(16-25)47-22-24-4-5-24/h6-9,16-17,19-20,23-24,32,41H,2-5,10-15,18,21-22H2,1H3/t32-/m0/s1. The molecule has 2 heterocycles. The maximum Gasteiger partial charge on any atom is 0.338 e. The molecule has 0 amide bonds. The van der Waals surface area contributed by atoms with Crippen LogP contribution in [0.4, 0.5) is 5.69 Å². The van der Waals surface area contributed by atoms with Crippen LogP contribution in [-0.4, -0.2) is 88.2 Å². The van der Waals surface area contributed by atoms with E-state index < -0.39 is 22.1 Å². The summed E-state index contributed by atoms with van der Waals surface area (Å²) < 4.78 is 51.1. The van der Waals surface area contributed by atoms with Crippen molar-refractivity contribution < 1.29 is 37.3 Å². The second-order valence-corrected chi connectivity index (χ2v) is 15.6. The molecule has 2 aliphatic carbocycles. The molecule has 3 aromatic rings. The predicted octanol–water partition coefficient (Wildman–Crippen LogP) is 5.91. The van der Waals surface area contributed by atoms with Gasteiger partial charge in [-0.3, -0.25) is 14.2 Å². The Bertz CT molecular complexity index is 1730. The van der Waals surface area contributed by atoms with Crippen molar-refractivity contribution in [3.05, 3.63) is 75.5 Å². The first-order valence-electron chi connectivity index (χ1n) is 16.5. The SMILES string of the molecule is CS(=O)(=O)N(CCN1CCOCC1)c1ccc(C(=O)O[C@@H](Cc2c(Cl)cncc2Cl)c2ccc(O)c(OCC3CC3)c2)cc1OCC1CC1. The third-order valence-electron chi connectivity index (χ3n) is 8.88. The first-order valence-corrected chi connectivity index (χ1v) is 19.1. The number of rotatable bonds is 16. The van der Waals surface area contributed by atoms with Gasteiger partial charge in [-0.2, -0.15) is 0 Å². The zero-order chi connectivity index (χ0) is 34.5. The Labute approximate surface area is 297 Å². The van der Waals surface area contributed by atoms with Crippen LogP contribution in [0.15, 0.2) is 48.8 Å². The van der Waals surface area contributed by atoms with Gasteiger partial charge < -0.3 is 24.1 Å². The number of carbonyl (C=O) groups is 1. The van der Waals surface area contributed by atoms with Crippen molar-refractivity contribution in [2.24, 2.45) is 11.8 Å². The third kappa shape index (κ3) is 9.70. The number of phenols is 1. The largest absolute Gasteiger partial charge is 0.504 e. The van der Waals surface area contributed by atoms with Gasteiger partial charge >= 0.3 is 5.97 Å². The van der Waals surface area contributed by atoms with Crippen LogP contribution in [0.5, 0.6) is 17.2 Å². The van der Waals surface area contributed by atoms with E-state index in [1.807, 2.05) is 0 Å². The average molecular weight is 735 g/mol. The lowest BCUT2D eigenvalue weighted by atomic mass is 10.0. The molecule has 3 aliphatic rings. The number of aromatic hydroxyl groups is 1. The van der Waals surface area contributed by atoms with Gasteiger partial charge in [0.25, 0.3) is 0 Å². The fraction of sp³-hybridized carbons (Fsp3) is 0.486. The van der Waals surface area contributed by atoms with Crippen molar-refractivity contribution >= 4 is 44.9 Å². The highest BCUT2D eigenvalue weighted by molar-refractivity contribution is 7.92. The van der Waals surface area contributed by atoms with Gasteiger partial charge in [-0.25, -0.2) is 13.2 Å². The quantitative estimate of drug-likeness (QED) is 0.178. The van der Waals surface area contributed by atoms with Crippen molar-refractivity contribution in [1.82, 2.24) is 9.88 Å². The van der Waals surface area contributed by atoms with Gasteiger partial charge in [-0.1, -0.05) is 29.3 Å². The van der Waals surface area contributed by atoms with E-state index in [9.17, 15) is 18.3 Å². The smallest absolute Gasteiger partial charge is 0.338 e. The molecule has 49 heavy (non-hydrogen) atoms. The second kappa shape index (κ2) is 15.7. The zero-order valence-corrected chi connectivity index (χ0v) is 29.7. The Morgan fingerprint density at radius 3 is 2.29 bits per heavy atom. The number of sulfonamides is 1. The van der Waals surface area contributed by atoms with E-state index >= 15 is 0 Å². The maximum atomic E-state index is 13.9. The summed E-state index contributed by atoms with van der Waals surface area (Å²) in [5.41, 5.74) is 1.64. The fourth-order valence-electron chi connectivity index (χ4n) is 5.56. The number of pyridine rings is 1. The Kier molecular flexibility index (Phi) is 11.4. The van der Waals surface area contributed by atoms with E-state index in [-0.39, 0.29) is 35.8 Å². The molecular weight excluding hydrogens is 693 g/mol. The van der Waals surface area contributed by atoms with E-state index in [0.29, 0.717) is 71.7 Å². The molecule has 14 heteroatoms. The van der Waals surface area contributed by atoms with Crippen molar-refractivity contribution in [3.8, 4) is 17.2 Å². The van der Waals surface area contributed by atoms with Gasteiger partial charge in [0, 0.05) is 45.0 Å². The monoisotopic (exact) mass is 733 g/mol. The average Bonchev–Trinajstić information content (AvgIpc) is 4.01. The number of benzene rings is 2. The number of hydrogen-bond donors (Lipinski definition) is 1. The van der Waals surface area contributed by atoms with Gasteiger partial charge in [-0.05, 0) is 79.0 Å². The number of hydrogen-bond acceptors (Lipinski definition) is 10. The Balaban J connectivity index is 1.28. The minimum Gasteiger partial charge on any atom is -0.504 e. The first-order chi connectivity index (χ1) is 23.5. The summed E-state index contributed by atoms with van der Waals surface area (Å²) in [6, 6.07) is 9.49. The van der Waals surface area contributed by atoms with E-state index in [4.69, 9.17) is 42.1 Å². The zero-order valence-electron chi connectivity index (χ0n) is 27.4. The van der Waals surface area contributed by atoms with Crippen molar-refractivity contribution in [2.45, 2.75) is 38.2 Å². The number of nitrogens with zero attached hydrogens (tertiary/aromatic N) is 3. The van der Waals surface area contributed by atoms with Gasteiger partial charge in [0.15, 0.2) is 11.5 Å². The minimum atomic E-state index is -3.69. The van der Waals surface area contributed by atoms with Crippen molar-refractivity contribution in [2.75, 3.05) is 63.2 Å². The normalized spacial score (nSPS) is 17.4. The molecule has 6 rings (SSSR count). The fourth-order valence-corrected chi connectivity index (χ4v) is 7.00. The van der Waals surface area contributed by atoms with Crippen LogP contribution in [0.1, 0.15) is 53.3 Å². The molecule has 11 nitrogen and oxygen atoms in total. The van der Waals surface area contributed by atoms with Crippen molar-refractivity contribution in [3.63, 3.8) is 0 Å². The van der Waals surface area contributed by atoms with Crippen LogP contribution < -0.4 is 13.8 Å². The number of halogens is 2. The van der Waals surface area contributed by atoms with Gasteiger partial charge in [-0.15, -0.1) is 0 Å². The number of aromatic nitrogens is 1. The molecule has 1 atom stereocenters. The van der Waals surface area contributed by atoms with Crippen LogP contribution in [0.25, 0.3) is 0 Å². The summed E-state index contributed by atoms with van der Waals surface area (Å²) in [4.78, 5) is 20.1. The first kappa shape index (κ1) is 35.5. The number of carbonyl (C=O) groups excluding carboxylic acids is 1. The van der Waals surface area contributed by atoms with Gasteiger partial charge in [0.05, 0.1) is 54.0 Å². The number of esters is 1. The van der Waals surface area contributed by atoms with Gasteiger partial charge in [0.2, 0.25) is 10.0 Å². The molecule has 3 fully saturated rings. The molecule has 1 aliphatic heterocycles. The van der Waals surface area contributed by atoms with Crippen LogP contribution in [0, 0.1) is 11.8 Å². The maximum absolute atomic E-state index is 13.9. The molecular formula is C35H41Cl2N3O8S. The number of morpholine rings is 1. The lowest BCUT2D eigenvalue weighted by molar-refractivity contribution is 0.0296. The molecule has 0 unspecified atom stereocenters.